The van der Waals surface area contributed by atoms with Crippen molar-refractivity contribution in [3.8, 4) is 5.75 Å². The lowest BCUT2D eigenvalue weighted by Crippen LogP contribution is -2.53. The Hall–Kier alpha value is -3.60. The fourth-order valence-corrected chi connectivity index (χ4v) is 3.97. The number of carbonyl (C=O) groups is 2. The standard InChI is InChI=1S/C31H38N2O3/c1-6-25(5)32-31(35)28(19-26-10-8-7-9-11-26)33(20-27-16-13-22(2)14-17-27)30(34)21-36-29-18-23(3)12-15-24(29)4/h7-18,25,28H,6,19-21H2,1-5H3,(H,32,35)/t25-,28+/m1/s1. The summed E-state index contributed by atoms with van der Waals surface area (Å²) in [6.07, 6.45) is 1.23. The first-order valence-electron chi connectivity index (χ1n) is 12.7. The second-order valence-corrected chi connectivity index (χ2v) is 9.59. The third-order valence-corrected chi connectivity index (χ3v) is 6.44. The highest BCUT2D eigenvalue weighted by Gasteiger charge is 2.31. The van der Waals surface area contributed by atoms with Gasteiger partial charge < -0.3 is 15.0 Å². The average Bonchev–Trinajstić information content (AvgIpc) is 2.88. The predicted octanol–water partition coefficient (Wildman–Crippen LogP) is 5.55. The van der Waals surface area contributed by atoms with Gasteiger partial charge in [0.05, 0.1) is 0 Å². The van der Waals surface area contributed by atoms with Crippen LogP contribution in [0.5, 0.6) is 5.75 Å². The summed E-state index contributed by atoms with van der Waals surface area (Å²) < 4.78 is 5.98. The van der Waals surface area contributed by atoms with E-state index in [1.165, 1.54) is 0 Å². The zero-order valence-electron chi connectivity index (χ0n) is 22.1. The molecule has 0 saturated carbocycles. The van der Waals surface area contributed by atoms with Gasteiger partial charge in [0, 0.05) is 19.0 Å². The molecule has 1 N–H and O–H groups in total. The average molecular weight is 487 g/mol. The van der Waals surface area contributed by atoms with Crippen LogP contribution in [0.3, 0.4) is 0 Å². The van der Waals surface area contributed by atoms with Gasteiger partial charge in [-0.25, -0.2) is 0 Å². The highest BCUT2D eigenvalue weighted by molar-refractivity contribution is 5.88. The van der Waals surface area contributed by atoms with Gasteiger partial charge in [0.2, 0.25) is 5.91 Å². The predicted molar refractivity (Wildman–Crippen MR) is 145 cm³/mol. The van der Waals surface area contributed by atoms with Crippen molar-refractivity contribution in [1.82, 2.24) is 10.2 Å². The lowest BCUT2D eigenvalue weighted by molar-refractivity contribution is -0.143. The first kappa shape index (κ1) is 27.0. The molecular weight excluding hydrogens is 448 g/mol. The van der Waals surface area contributed by atoms with Crippen molar-refractivity contribution in [2.45, 2.75) is 66.1 Å². The first-order chi connectivity index (χ1) is 17.3. The van der Waals surface area contributed by atoms with Gasteiger partial charge in [0.25, 0.3) is 5.91 Å². The van der Waals surface area contributed by atoms with Crippen LogP contribution >= 0.6 is 0 Å². The molecular formula is C31H38N2O3. The summed E-state index contributed by atoms with van der Waals surface area (Å²) in [5.74, 6) is 0.305. The van der Waals surface area contributed by atoms with Crippen molar-refractivity contribution in [2.24, 2.45) is 0 Å². The molecule has 0 bridgehead atoms. The Balaban J connectivity index is 1.92. The molecule has 5 heteroatoms. The summed E-state index contributed by atoms with van der Waals surface area (Å²) in [6.45, 7) is 10.2. The number of nitrogens with zero attached hydrogens (tertiary/aromatic N) is 1. The monoisotopic (exact) mass is 486 g/mol. The van der Waals surface area contributed by atoms with Crippen LogP contribution in [-0.2, 0) is 22.6 Å². The summed E-state index contributed by atoms with van der Waals surface area (Å²) in [6, 6.07) is 23.2. The number of hydrogen-bond donors (Lipinski definition) is 1. The van der Waals surface area contributed by atoms with Crippen molar-refractivity contribution in [3.63, 3.8) is 0 Å². The van der Waals surface area contributed by atoms with Crippen LogP contribution in [-0.4, -0.2) is 35.4 Å². The van der Waals surface area contributed by atoms with E-state index in [2.05, 4.69) is 5.32 Å². The molecule has 3 aromatic carbocycles. The number of ether oxygens (including phenoxy) is 1. The van der Waals surface area contributed by atoms with Crippen LogP contribution in [0.15, 0.2) is 72.8 Å². The Bertz CT molecular complexity index is 1140. The minimum atomic E-state index is -0.669. The van der Waals surface area contributed by atoms with E-state index in [-0.39, 0.29) is 24.5 Å². The van der Waals surface area contributed by atoms with Crippen LogP contribution in [0.2, 0.25) is 0 Å². The van der Waals surface area contributed by atoms with Gasteiger partial charge in [0.1, 0.15) is 11.8 Å². The molecule has 3 aromatic rings. The Morgan fingerprint density at radius 3 is 2.22 bits per heavy atom. The third kappa shape index (κ3) is 7.70. The molecule has 2 amide bonds. The smallest absolute Gasteiger partial charge is 0.261 e. The van der Waals surface area contributed by atoms with Gasteiger partial charge in [-0.1, -0.05) is 79.2 Å². The van der Waals surface area contributed by atoms with E-state index in [9.17, 15) is 9.59 Å². The third-order valence-electron chi connectivity index (χ3n) is 6.44. The number of amides is 2. The van der Waals surface area contributed by atoms with Gasteiger partial charge in [-0.3, -0.25) is 9.59 Å². The van der Waals surface area contributed by atoms with E-state index in [0.717, 1.165) is 34.2 Å². The number of nitrogens with one attached hydrogen (secondary N) is 1. The molecule has 0 aliphatic carbocycles. The van der Waals surface area contributed by atoms with Crippen LogP contribution in [0.4, 0.5) is 0 Å². The summed E-state index contributed by atoms with van der Waals surface area (Å²) in [4.78, 5) is 28.9. The maximum Gasteiger partial charge on any atom is 0.261 e. The number of rotatable bonds is 11. The molecule has 0 radical (unpaired) electrons. The Kier molecular flexibility index (Phi) is 9.69. The summed E-state index contributed by atoms with van der Waals surface area (Å²) in [5.41, 5.74) is 5.14. The van der Waals surface area contributed by atoms with E-state index in [1.807, 2.05) is 107 Å². The number of benzene rings is 3. The summed E-state index contributed by atoms with van der Waals surface area (Å²) in [7, 11) is 0. The topological polar surface area (TPSA) is 58.6 Å². The maximum absolute atomic E-state index is 13.7. The van der Waals surface area contributed by atoms with Crippen molar-refractivity contribution >= 4 is 11.8 Å². The second-order valence-electron chi connectivity index (χ2n) is 9.59. The molecule has 0 spiro atoms. The molecule has 0 aromatic heterocycles. The van der Waals surface area contributed by atoms with Crippen molar-refractivity contribution in [2.75, 3.05) is 6.61 Å². The zero-order chi connectivity index (χ0) is 26.1. The molecule has 3 rings (SSSR count). The summed E-state index contributed by atoms with van der Waals surface area (Å²) in [5, 5.41) is 3.10. The zero-order valence-corrected chi connectivity index (χ0v) is 22.1. The van der Waals surface area contributed by atoms with E-state index >= 15 is 0 Å². The number of hydrogen-bond acceptors (Lipinski definition) is 3. The minimum absolute atomic E-state index is 0.0123. The van der Waals surface area contributed by atoms with E-state index in [1.54, 1.807) is 4.90 Å². The van der Waals surface area contributed by atoms with E-state index in [0.29, 0.717) is 18.7 Å². The molecule has 0 unspecified atom stereocenters. The SMILES string of the molecule is CC[C@@H](C)NC(=O)[C@H](Cc1ccccc1)N(Cc1ccc(C)cc1)C(=O)COc1cc(C)ccc1C. The van der Waals surface area contributed by atoms with Crippen LogP contribution in [0.1, 0.15) is 48.1 Å². The largest absolute Gasteiger partial charge is 0.483 e. The van der Waals surface area contributed by atoms with Crippen LogP contribution < -0.4 is 10.1 Å². The highest BCUT2D eigenvalue weighted by atomic mass is 16.5. The molecule has 0 saturated heterocycles. The van der Waals surface area contributed by atoms with E-state index in [4.69, 9.17) is 4.74 Å². The van der Waals surface area contributed by atoms with Gasteiger partial charge in [-0.15, -0.1) is 0 Å². The molecule has 0 fully saturated rings. The van der Waals surface area contributed by atoms with Crippen LogP contribution in [0.25, 0.3) is 0 Å². The molecule has 5 nitrogen and oxygen atoms in total. The molecule has 0 heterocycles. The fourth-order valence-electron chi connectivity index (χ4n) is 3.97. The molecule has 190 valence electrons. The molecule has 0 aliphatic heterocycles. The van der Waals surface area contributed by atoms with Crippen molar-refractivity contribution in [1.29, 1.82) is 0 Å². The van der Waals surface area contributed by atoms with Gasteiger partial charge in [-0.2, -0.15) is 0 Å². The van der Waals surface area contributed by atoms with Gasteiger partial charge in [0.15, 0.2) is 6.61 Å². The van der Waals surface area contributed by atoms with E-state index < -0.39 is 6.04 Å². The normalized spacial score (nSPS) is 12.5. The van der Waals surface area contributed by atoms with Crippen LogP contribution in [0, 0.1) is 20.8 Å². The lowest BCUT2D eigenvalue weighted by atomic mass is 10.0. The van der Waals surface area contributed by atoms with Crippen molar-refractivity contribution < 1.29 is 14.3 Å². The minimum Gasteiger partial charge on any atom is -0.483 e. The Labute approximate surface area is 215 Å². The van der Waals surface area contributed by atoms with Gasteiger partial charge >= 0.3 is 0 Å². The quantitative estimate of drug-likeness (QED) is 0.387. The molecule has 36 heavy (non-hydrogen) atoms. The Morgan fingerprint density at radius 1 is 0.889 bits per heavy atom. The number of aryl methyl sites for hydroxylation is 3. The van der Waals surface area contributed by atoms with Gasteiger partial charge in [-0.05, 0) is 62.4 Å². The number of carbonyl (C=O) groups excluding carboxylic acids is 2. The Morgan fingerprint density at radius 2 is 1.56 bits per heavy atom. The second kappa shape index (κ2) is 12.9. The summed E-state index contributed by atoms with van der Waals surface area (Å²) >= 11 is 0. The lowest BCUT2D eigenvalue weighted by Gasteiger charge is -2.32. The maximum atomic E-state index is 13.7. The fraction of sp³-hybridized carbons (Fsp3) is 0.355. The first-order valence-corrected chi connectivity index (χ1v) is 12.7. The molecule has 0 aliphatic rings. The van der Waals surface area contributed by atoms with Crippen molar-refractivity contribution in [3.05, 3.63) is 101 Å². The molecule has 2 atom stereocenters. The highest BCUT2D eigenvalue weighted by Crippen LogP contribution is 2.20.